The fraction of sp³-hybridized carbons (Fsp3) is 0.368. The molecule has 0 bridgehead atoms. The van der Waals surface area contributed by atoms with Crippen LogP contribution in [0.1, 0.15) is 36.0 Å². The SMILES string of the molecule is CN1CCCC(c2nc(Cc3cccnc3)nn2-c2ccncc2)C1. The van der Waals surface area contributed by atoms with Gasteiger partial charge in [-0.1, -0.05) is 6.07 Å². The first-order chi connectivity index (χ1) is 12.3. The molecule has 3 aromatic rings. The number of hydrogen-bond donors (Lipinski definition) is 0. The molecule has 0 spiro atoms. The average molecular weight is 334 g/mol. The van der Waals surface area contributed by atoms with Crippen molar-refractivity contribution in [2.45, 2.75) is 25.2 Å². The number of piperidine rings is 1. The molecule has 3 aromatic heterocycles. The number of hydrogen-bond acceptors (Lipinski definition) is 5. The van der Waals surface area contributed by atoms with Crippen LogP contribution < -0.4 is 0 Å². The first-order valence-corrected chi connectivity index (χ1v) is 8.73. The molecule has 1 aliphatic rings. The van der Waals surface area contributed by atoms with Crippen LogP contribution in [0.3, 0.4) is 0 Å². The van der Waals surface area contributed by atoms with Gasteiger partial charge in [-0.25, -0.2) is 9.67 Å². The molecular formula is C19H22N6. The van der Waals surface area contributed by atoms with Crippen molar-refractivity contribution in [2.24, 2.45) is 0 Å². The summed E-state index contributed by atoms with van der Waals surface area (Å²) in [4.78, 5) is 15.6. The van der Waals surface area contributed by atoms with E-state index in [0.29, 0.717) is 12.3 Å². The van der Waals surface area contributed by atoms with Crippen LogP contribution in [-0.4, -0.2) is 49.8 Å². The number of rotatable bonds is 4. The Balaban J connectivity index is 1.70. The highest BCUT2D eigenvalue weighted by Gasteiger charge is 2.25. The molecule has 1 aliphatic heterocycles. The normalized spacial score (nSPS) is 18.4. The third-order valence-corrected chi connectivity index (χ3v) is 4.66. The van der Waals surface area contributed by atoms with Crippen LogP contribution in [0.4, 0.5) is 0 Å². The van der Waals surface area contributed by atoms with Crippen molar-refractivity contribution in [1.82, 2.24) is 29.6 Å². The topological polar surface area (TPSA) is 59.7 Å². The van der Waals surface area contributed by atoms with Crippen LogP contribution in [0.2, 0.25) is 0 Å². The van der Waals surface area contributed by atoms with Crippen molar-refractivity contribution in [1.29, 1.82) is 0 Å². The van der Waals surface area contributed by atoms with Gasteiger partial charge < -0.3 is 4.90 Å². The Hall–Kier alpha value is -2.60. The second-order valence-corrected chi connectivity index (χ2v) is 6.64. The van der Waals surface area contributed by atoms with Crippen LogP contribution in [0.25, 0.3) is 5.69 Å². The lowest BCUT2D eigenvalue weighted by molar-refractivity contribution is 0.244. The predicted molar refractivity (Wildman–Crippen MR) is 95.7 cm³/mol. The van der Waals surface area contributed by atoms with E-state index in [4.69, 9.17) is 10.1 Å². The van der Waals surface area contributed by atoms with E-state index in [-0.39, 0.29) is 0 Å². The first-order valence-electron chi connectivity index (χ1n) is 8.73. The van der Waals surface area contributed by atoms with E-state index in [0.717, 1.165) is 42.4 Å². The molecule has 0 aromatic carbocycles. The second-order valence-electron chi connectivity index (χ2n) is 6.64. The van der Waals surface area contributed by atoms with Crippen LogP contribution in [0.5, 0.6) is 0 Å². The van der Waals surface area contributed by atoms with E-state index >= 15 is 0 Å². The van der Waals surface area contributed by atoms with Gasteiger partial charge >= 0.3 is 0 Å². The Morgan fingerprint density at radius 1 is 1.12 bits per heavy atom. The lowest BCUT2D eigenvalue weighted by Gasteiger charge is -2.29. The number of pyridine rings is 2. The summed E-state index contributed by atoms with van der Waals surface area (Å²) in [5.74, 6) is 2.30. The maximum Gasteiger partial charge on any atom is 0.155 e. The standard InChI is InChI=1S/C19H22N6/c1-24-11-3-5-16(14-24)19-22-18(12-15-4-2-8-21-13-15)23-25(19)17-6-9-20-10-7-17/h2,4,6-10,13,16H,3,5,11-12,14H2,1H3. The van der Waals surface area contributed by atoms with E-state index in [1.165, 1.54) is 6.42 Å². The van der Waals surface area contributed by atoms with E-state index in [1.807, 2.05) is 29.1 Å². The van der Waals surface area contributed by atoms with Crippen LogP contribution >= 0.6 is 0 Å². The quantitative estimate of drug-likeness (QED) is 0.733. The van der Waals surface area contributed by atoms with E-state index < -0.39 is 0 Å². The number of nitrogens with zero attached hydrogens (tertiary/aromatic N) is 6. The summed E-state index contributed by atoms with van der Waals surface area (Å²) < 4.78 is 2.00. The minimum atomic E-state index is 0.405. The highest BCUT2D eigenvalue weighted by atomic mass is 15.4. The Kier molecular flexibility index (Phi) is 4.52. The zero-order valence-corrected chi connectivity index (χ0v) is 14.4. The van der Waals surface area contributed by atoms with Crippen molar-refractivity contribution in [3.05, 3.63) is 66.3 Å². The lowest BCUT2D eigenvalue weighted by atomic mass is 9.97. The Morgan fingerprint density at radius 3 is 2.76 bits per heavy atom. The minimum absolute atomic E-state index is 0.405. The van der Waals surface area contributed by atoms with Gasteiger partial charge in [0, 0.05) is 43.7 Å². The summed E-state index contributed by atoms with van der Waals surface area (Å²) in [7, 11) is 2.18. The zero-order chi connectivity index (χ0) is 17.1. The zero-order valence-electron chi connectivity index (χ0n) is 14.4. The third-order valence-electron chi connectivity index (χ3n) is 4.66. The van der Waals surface area contributed by atoms with Crippen LogP contribution in [-0.2, 0) is 6.42 Å². The van der Waals surface area contributed by atoms with Gasteiger partial charge in [0.25, 0.3) is 0 Å². The number of aromatic nitrogens is 5. The van der Waals surface area contributed by atoms with Crippen LogP contribution in [0, 0.1) is 0 Å². The van der Waals surface area contributed by atoms with Gasteiger partial charge in [-0.3, -0.25) is 9.97 Å². The Morgan fingerprint density at radius 2 is 2.00 bits per heavy atom. The lowest BCUT2D eigenvalue weighted by Crippen LogP contribution is -2.32. The largest absolute Gasteiger partial charge is 0.306 e. The highest BCUT2D eigenvalue weighted by Crippen LogP contribution is 2.27. The summed E-state index contributed by atoms with van der Waals surface area (Å²) in [6.07, 6.45) is 10.3. The molecule has 0 radical (unpaired) electrons. The van der Waals surface area contributed by atoms with Gasteiger partial charge in [-0.2, -0.15) is 5.10 Å². The molecule has 25 heavy (non-hydrogen) atoms. The molecule has 0 N–H and O–H groups in total. The maximum absolute atomic E-state index is 4.92. The summed E-state index contributed by atoms with van der Waals surface area (Å²) in [6, 6.07) is 7.98. The molecule has 6 nitrogen and oxygen atoms in total. The Labute approximate surface area is 147 Å². The Bertz CT molecular complexity index is 814. The van der Waals surface area contributed by atoms with Gasteiger partial charge in [0.15, 0.2) is 5.82 Å². The van der Waals surface area contributed by atoms with E-state index in [2.05, 4.69) is 28.0 Å². The molecule has 1 fully saturated rings. The maximum atomic E-state index is 4.92. The molecule has 4 rings (SSSR count). The van der Waals surface area contributed by atoms with Crippen molar-refractivity contribution in [3.63, 3.8) is 0 Å². The predicted octanol–water partition coefficient (Wildman–Crippen LogP) is 2.46. The van der Waals surface area contributed by atoms with Gasteiger partial charge in [0.2, 0.25) is 0 Å². The summed E-state index contributed by atoms with van der Waals surface area (Å²) in [5, 5.41) is 4.81. The van der Waals surface area contributed by atoms with Gasteiger partial charge in [0.05, 0.1) is 5.69 Å². The van der Waals surface area contributed by atoms with Crippen molar-refractivity contribution >= 4 is 0 Å². The fourth-order valence-corrected chi connectivity index (χ4v) is 3.45. The molecule has 128 valence electrons. The van der Waals surface area contributed by atoms with E-state index in [1.54, 1.807) is 18.6 Å². The third kappa shape index (κ3) is 3.58. The monoisotopic (exact) mass is 334 g/mol. The summed E-state index contributed by atoms with van der Waals surface area (Å²) in [5.41, 5.74) is 2.14. The van der Waals surface area contributed by atoms with Gasteiger partial charge in [-0.15, -0.1) is 0 Å². The van der Waals surface area contributed by atoms with Crippen molar-refractivity contribution < 1.29 is 0 Å². The second kappa shape index (κ2) is 7.11. The molecule has 0 saturated carbocycles. The fourth-order valence-electron chi connectivity index (χ4n) is 3.45. The van der Waals surface area contributed by atoms with Gasteiger partial charge in [-0.05, 0) is 50.2 Å². The smallest absolute Gasteiger partial charge is 0.155 e. The molecule has 4 heterocycles. The molecule has 1 unspecified atom stereocenters. The van der Waals surface area contributed by atoms with Crippen molar-refractivity contribution in [2.75, 3.05) is 20.1 Å². The molecule has 1 saturated heterocycles. The summed E-state index contributed by atoms with van der Waals surface area (Å²) >= 11 is 0. The molecular weight excluding hydrogens is 312 g/mol. The van der Waals surface area contributed by atoms with Crippen LogP contribution in [0.15, 0.2) is 49.1 Å². The molecule has 1 atom stereocenters. The minimum Gasteiger partial charge on any atom is -0.306 e. The van der Waals surface area contributed by atoms with E-state index in [9.17, 15) is 0 Å². The molecule has 0 amide bonds. The molecule has 6 heteroatoms. The molecule has 0 aliphatic carbocycles. The first kappa shape index (κ1) is 15.9. The number of likely N-dealkylation sites (N-methyl/N-ethyl adjacent to an activating group) is 1. The highest BCUT2D eigenvalue weighted by molar-refractivity contribution is 5.30. The van der Waals surface area contributed by atoms with Gasteiger partial charge in [0.1, 0.15) is 5.82 Å². The number of likely N-dealkylation sites (tertiary alicyclic amines) is 1. The summed E-state index contributed by atoms with van der Waals surface area (Å²) in [6.45, 7) is 2.18. The average Bonchev–Trinajstić information content (AvgIpc) is 3.07. The van der Waals surface area contributed by atoms with Crippen molar-refractivity contribution in [3.8, 4) is 5.69 Å².